The minimum atomic E-state index is 0.355. The van der Waals surface area contributed by atoms with E-state index in [2.05, 4.69) is 9.75 Å². The van der Waals surface area contributed by atoms with Gasteiger partial charge in [0.05, 0.1) is 26.8 Å². The van der Waals surface area contributed by atoms with Crippen LogP contribution in [0.2, 0.25) is 15.1 Å². The Hall–Kier alpha value is -0.0200. The van der Waals surface area contributed by atoms with Gasteiger partial charge in [-0.2, -0.15) is 0 Å². The lowest BCUT2D eigenvalue weighted by Gasteiger charge is -1.98. The number of benzene rings is 1. The van der Waals surface area contributed by atoms with E-state index in [1.54, 1.807) is 0 Å². The lowest BCUT2D eigenvalue weighted by molar-refractivity contribution is 1.33. The van der Waals surface area contributed by atoms with Gasteiger partial charge in [-0.15, -0.1) is 5.11 Å². The van der Waals surface area contributed by atoms with E-state index in [1.165, 1.54) is 12.1 Å². The molecule has 1 aromatic carbocycles. The largest absolute Gasteiger partial charge is 0.136 e. The summed E-state index contributed by atoms with van der Waals surface area (Å²) in [6.07, 6.45) is 0. The number of nitrogens with zero attached hydrogens (tertiary/aromatic N) is 2. The molecule has 12 heavy (non-hydrogen) atoms. The summed E-state index contributed by atoms with van der Waals surface area (Å²) in [5, 5.41) is 4.61. The Morgan fingerprint density at radius 1 is 0.917 bits per heavy atom. The van der Waals surface area contributed by atoms with Crippen molar-refractivity contribution in [2.45, 2.75) is 0 Å². The second kappa shape index (κ2) is 4.28. The molecule has 0 aliphatic rings. The standard InChI is InChI=1S/C6H2Cl4N2/c7-3-1-5(9)6(11-12-10)2-4(3)8/h1-2H/b12-11+. The van der Waals surface area contributed by atoms with Crippen LogP contribution in [-0.2, 0) is 0 Å². The second-order valence-corrected chi connectivity index (χ2v) is 3.27. The van der Waals surface area contributed by atoms with Crippen LogP contribution >= 0.6 is 46.6 Å². The average molecular weight is 244 g/mol. The molecule has 6 heteroatoms. The zero-order valence-electron chi connectivity index (χ0n) is 5.56. The first-order chi connectivity index (χ1) is 5.65. The third-order valence-electron chi connectivity index (χ3n) is 1.14. The van der Waals surface area contributed by atoms with Crippen LogP contribution in [0.5, 0.6) is 0 Å². The quantitative estimate of drug-likeness (QED) is 0.496. The molecule has 0 atom stereocenters. The summed E-state index contributed by atoms with van der Waals surface area (Å²) in [5.41, 5.74) is 0.390. The second-order valence-electron chi connectivity index (χ2n) is 1.89. The molecule has 0 amide bonds. The van der Waals surface area contributed by atoms with Crippen LogP contribution in [0.15, 0.2) is 21.9 Å². The Morgan fingerprint density at radius 3 is 2.08 bits per heavy atom. The Morgan fingerprint density at radius 2 is 1.50 bits per heavy atom. The maximum Gasteiger partial charge on any atom is 0.107 e. The summed E-state index contributed by atoms with van der Waals surface area (Å²) in [6.45, 7) is 0. The lowest BCUT2D eigenvalue weighted by atomic mass is 10.3. The maximum atomic E-state index is 5.72. The van der Waals surface area contributed by atoms with Crippen LogP contribution in [0, 0.1) is 0 Å². The molecule has 0 heterocycles. The predicted molar refractivity (Wildman–Crippen MR) is 51.8 cm³/mol. The fraction of sp³-hybridized carbons (Fsp3) is 0. The molecule has 0 aliphatic heterocycles. The average Bonchev–Trinajstić information content (AvgIpc) is 2.01. The first kappa shape index (κ1) is 10.1. The molecule has 0 aromatic heterocycles. The predicted octanol–water partition coefficient (Wildman–Crippen LogP) is 4.88. The summed E-state index contributed by atoms with van der Waals surface area (Å²) < 4.78 is 3.05. The molecule has 1 aromatic rings. The van der Waals surface area contributed by atoms with Crippen molar-refractivity contribution in [3.8, 4) is 0 Å². The summed E-state index contributed by atoms with van der Waals surface area (Å²) in [4.78, 5) is 0. The smallest absolute Gasteiger partial charge is 0.107 e. The van der Waals surface area contributed by atoms with E-state index in [0.717, 1.165) is 0 Å². The molecule has 0 saturated heterocycles. The number of hydrogen-bond acceptors (Lipinski definition) is 2. The lowest BCUT2D eigenvalue weighted by Crippen LogP contribution is -1.71. The third kappa shape index (κ3) is 2.23. The molecule has 0 bridgehead atoms. The maximum absolute atomic E-state index is 5.72. The Labute approximate surface area is 89.2 Å². The van der Waals surface area contributed by atoms with Crippen molar-refractivity contribution in [1.82, 2.24) is 0 Å². The molecule has 64 valence electrons. The number of hydrogen-bond donors (Lipinski definition) is 0. The Kier molecular flexibility index (Phi) is 3.59. The van der Waals surface area contributed by atoms with Crippen molar-refractivity contribution in [3.63, 3.8) is 0 Å². The van der Waals surface area contributed by atoms with E-state index in [0.29, 0.717) is 20.8 Å². The van der Waals surface area contributed by atoms with Crippen LogP contribution in [-0.4, -0.2) is 0 Å². The highest BCUT2D eigenvalue weighted by Gasteiger charge is 2.04. The van der Waals surface area contributed by atoms with E-state index < -0.39 is 0 Å². The summed E-state index contributed by atoms with van der Waals surface area (Å²) >= 11 is 22.1. The first-order valence-corrected chi connectivity index (χ1v) is 4.29. The van der Waals surface area contributed by atoms with E-state index in [4.69, 9.17) is 46.6 Å². The van der Waals surface area contributed by atoms with Gasteiger partial charge in [-0.3, -0.25) is 0 Å². The van der Waals surface area contributed by atoms with Crippen LogP contribution in [0.3, 0.4) is 0 Å². The third-order valence-corrected chi connectivity index (χ3v) is 2.24. The molecule has 0 radical (unpaired) electrons. The highest BCUT2D eigenvalue weighted by molar-refractivity contribution is 6.43. The SMILES string of the molecule is Cl/N=N/c1cc(Cl)c(Cl)cc1Cl. The van der Waals surface area contributed by atoms with Gasteiger partial charge < -0.3 is 0 Å². The van der Waals surface area contributed by atoms with Crippen LogP contribution in [0.25, 0.3) is 0 Å². The molecule has 1 rings (SSSR count). The molecular weight excluding hydrogens is 242 g/mol. The molecular formula is C6H2Cl4N2. The topological polar surface area (TPSA) is 24.7 Å². The van der Waals surface area contributed by atoms with Gasteiger partial charge in [0.15, 0.2) is 0 Å². The van der Waals surface area contributed by atoms with Crippen molar-refractivity contribution in [2.24, 2.45) is 9.75 Å². The monoisotopic (exact) mass is 242 g/mol. The van der Waals surface area contributed by atoms with Gasteiger partial charge in [0.25, 0.3) is 0 Å². The van der Waals surface area contributed by atoms with E-state index in [-0.39, 0.29) is 0 Å². The van der Waals surface area contributed by atoms with Crippen LogP contribution < -0.4 is 0 Å². The van der Waals surface area contributed by atoms with Crippen molar-refractivity contribution in [1.29, 1.82) is 0 Å². The van der Waals surface area contributed by atoms with Gasteiger partial charge in [-0.05, 0) is 12.1 Å². The van der Waals surface area contributed by atoms with Gasteiger partial charge in [0.2, 0.25) is 0 Å². The van der Waals surface area contributed by atoms with E-state index >= 15 is 0 Å². The van der Waals surface area contributed by atoms with Gasteiger partial charge >= 0.3 is 0 Å². The molecule has 0 fully saturated rings. The Bertz CT molecular complexity index is 324. The number of rotatable bonds is 1. The highest BCUT2D eigenvalue weighted by atomic mass is 35.5. The normalized spacial score (nSPS) is 11.0. The minimum absolute atomic E-state index is 0.355. The Balaban J connectivity index is 3.23. The molecule has 2 nitrogen and oxygen atoms in total. The van der Waals surface area contributed by atoms with Crippen LogP contribution in [0.1, 0.15) is 0 Å². The van der Waals surface area contributed by atoms with E-state index in [1.807, 2.05) is 0 Å². The molecule has 0 N–H and O–H groups in total. The fourth-order valence-corrected chi connectivity index (χ4v) is 1.29. The highest BCUT2D eigenvalue weighted by Crippen LogP contribution is 2.34. The molecule has 0 aliphatic carbocycles. The van der Waals surface area contributed by atoms with Crippen molar-refractivity contribution >= 4 is 52.3 Å². The summed E-state index contributed by atoms with van der Waals surface area (Å²) in [7, 11) is 0. The van der Waals surface area contributed by atoms with Crippen molar-refractivity contribution in [3.05, 3.63) is 27.2 Å². The number of halogens is 4. The van der Waals surface area contributed by atoms with Gasteiger partial charge in [-0.1, -0.05) is 39.4 Å². The fourth-order valence-electron chi connectivity index (χ4n) is 0.629. The summed E-state index contributed by atoms with van der Waals surface area (Å²) in [5.74, 6) is 0. The van der Waals surface area contributed by atoms with Gasteiger partial charge in [0, 0.05) is 0 Å². The van der Waals surface area contributed by atoms with Gasteiger partial charge in [-0.25, -0.2) is 0 Å². The zero-order valence-corrected chi connectivity index (χ0v) is 8.58. The van der Waals surface area contributed by atoms with Crippen molar-refractivity contribution < 1.29 is 0 Å². The minimum Gasteiger partial charge on any atom is -0.136 e. The molecule has 0 unspecified atom stereocenters. The summed E-state index contributed by atoms with van der Waals surface area (Å²) in [6, 6.07) is 2.96. The van der Waals surface area contributed by atoms with Crippen LogP contribution in [0.4, 0.5) is 5.69 Å². The van der Waals surface area contributed by atoms with Crippen molar-refractivity contribution in [2.75, 3.05) is 0 Å². The van der Waals surface area contributed by atoms with Gasteiger partial charge in [0.1, 0.15) is 5.69 Å². The molecule has 0 saturated carbocycles. The first-order valence-electron chi connectivity index (χ1n) is 2.81. The zero-order chi connectivity index (χ0) is 9.14. The van der Waals surface area contributed by atoms with E-state index in [9.17, 15) is 0 Å². The molecule has 0 spiro atoms.